The number of hydrogen-bond acceptors (Lipinski definition) is 3. The molecule has 0 aliphatic heterocycles. The third-order valence-electron chi connectivity index (χ3n) is 0.810. The highest BCUT2D eigenvalue weighted by molar-refractivity contribution is 8.29. The minimum Gasteiger partial charge on any atom is -0.396 e. The van der Waals surface area contributed by atoms with Gasteiger partial charge in [-0.25, -0.2) is 4.21 Å². The number of unbranched alkanes of at least 4 members (excludes halogenated alkanes) is 1. The molecule has 0 aromatic carbocycles. The Morgan fingerprint density at radius 3 is 2.33 bits per heavy atom. The number of aliphatic hydroxyl groups excluding tert-OH is 1. The maximum absolute atomic E-state index is 10.4. The van der Waals surface area contributed by atoms with Crippen LogP contribution in [0.4, 0.5) is 0 Å². The minimum absolute atomic E-state index is 0.0604. The highest BCUT2D eigenvalue weighted by atomic mass is 32.8. The molecule has 9 heavy (non-hydrogen) atoms. The molecule has 0 spiro atoms. The van der Waals surface area contributed by atoms with E-state index in [9.17, 15) is 4.21 Å². The van der Waals surface area contributed by atoms with E-state index in [1.54, 1.807) is 0 Å². The van der Waals surface area contributed by atoms with E-state index in [2.05, 4.69) is 11.2 Å². The predicted molar refractivity (Wildman–Crippen MR) is 39.3 cm³/mol. The second-order valence-electron chi connectivity index (χ2n) is 1.72. The van der Waals surface area contributed by atoms with Crippen LogP contribution in [0.25, 0.3) is 0 Å². The van der Waals surface area contributed by atoms with E-state index in [0.29, 0.717) is 12.8 Å². The molecular weight excluding hydrogens is 160 g/mol. The quantitative estimate of drug-likeness (QED) is 0.582. The summed E-state index contributed by atoms with van der Waals surface area (Å²) in [4.78, 5) is 0. The van der Waals surface area contributed by atoms with Gasteiger partial charge in [0.2, 0.25) is 0 Å². The summed E-state index contributed by atoms with van der Waals surface area (Å²) in [5.41, 5.74) is 0. The Morgan fingerprint density at radius 1 is 1.44 bits per heavy atom. The summed E-state index contributed by atoms with van der Waals surface area (Å²) in [5.74, 6) is 0.114. The molecule has 1 atom stereocenters. The van der Waals surface area contributed by atoms with E-state index >= 15 is 0 Å². The van der Waals surface area contributed by atoms with Crippen molar-refractivity contribution in [3.8, 4) is 0 Å². The molecule has 0 heterocycles. The van der Waals surface area contributed by atoms with Gasteiger partial charge in [0.05, 0.1) is 0 Å². The van der Waals surface area contributed by atoms with E-state index in [0.717, 1.165) is 0 Å². The maximum Gasteiger partial charge on any atom is 0.141 e. The van der Waals surface area contributed by atoms with Gasteiger partial charge in [0.25, 0.3) is 0 Å². The molecule has 1 unspecified atom stereocenters. The van der Waals surface area contributed by atoms with Gasteiger partial charge in [-0.3, -0.25) is 0 Å². The summed E-state index contributed by atoms with van der Waals surface area (Å²) in [5, 5.41) is 8.25. The van der Waals surface area contributed by atoms with Crippen LogP contribution in [0.3, 0.4) is 0 Å². The Balaban J connectivity index is 3.30. The lowest BCUT2D eigenvalue weighted by Gasteiger charge is -1.95. The van der Waals surface area contributed by atoms with Crippen LogP contribution in [0.15, 0.2) is 0 Å². The first-order valence-electron chi connectivity index (χ1n) is 2.62. The molecule has 0 aromatic heterocycles. The molecule has 0 bridgehead atoms. The van der Waals surface area contributed by atoms with E-state index in [1.807, 2.05) is 0 Å². The zero-order chi connectivity index (χ0) is 7.33. The lowest BCUT2D eigenvalue weighted by Crippen LogP contribution is -2.02. The fraction of sp³-hybridized carbons (Fsp3) is 1.00. The van der Waals surface area contributed by atoms with Gasteiger partial charge >= 0.3 is 0 Å². The summed E-state index contributed by atoms with van der Waals surface area (Å²) in [6, 6.07) is 0. The molecule has 0 aromatic rings. The second-order valence-corrected chi connectivity index (χ2v) is 4.85. The maximum atomic E-state index is 10.4. The topological polar surface area (TPSA) is 57.5 Å². The highest BCUT2D eigenvalue weighted by Crippen LogP contribution is 1.92. The van der Waals surface area contributed by atoms with Crippen molar-refractivity contribution < 1.29 is 13.9 Å². The molecular formula is C4H10O3S2. The van der Waals surface area contributed by atoms with E-state index in [4.69, 9.17) is 9.66 Å². The second kappa shape index (κ2) is 4.16. The zero-order valence-electron chi connectivity index (χ0n) is 4.95. The number of aliphatic hydroxyl groups is 1. The molecule has 0 radical (unpaired) electrons. The van der Waals surface area contributed by atoms with Crippen molar-refractivity contribution in [3.05, 3.63) is 0 Å². The Hall–Kier alpha value is 0.290. The molecule has 0 rings (SSSR count). The first-order valence-corrected chi connectivity index (χ1v) is 5.23. The smallest absolute Gasteiger partial charge is 0.141 e. The number of hydrogen-bond donors (Lipinski definition) is 2. The van der Waals surface area contributed by atoms with Crippen molar-refractivity contribution in [3.63, 3.8) is 0 Å². The van der Waals surface area contributed by atoms with Gasteiger partial charge in [-0.05, 0) is 12.8 Å². The average Bonchev–Trinajstić information content (AvgIpc) is 1.63. The van der Waals surface area contributed by atoms with Gasteiger partial charge < -0.3 is 9.66 Å². The van der Waals surface area contributed by atoms with E-state index < -0.39 is 8.77 Å². The van der Waals surface area contributed by atoms with Gasteiger partial charge in [-0.15, -0.1) is 0 Å². The van der Waals surface area contributed by atoms with Gasteiger partial charge in [0.15, 0.2) is 0 Å². The van der Waals surface area contributed by atoms with Gasteiger partial charge in [0, 0.05) is 23.5 Å². The Morgan fingerprint density at radius 2 is 2.00 bits per heavy atom. The van der Waals surface area contributed by atoms with Crippen molar-refractivity contribution in [1.82, 2.24) is 0 Å². The van der Waals surface area contributed by atoms with E-state index in [-0.39, 0.29) is 12.4 Å². The van der Waals surface area contributed by atoms with Crippen LogP contribution in [0.5, 0.6) is 0 Å². The Kier molecular flexibility index (Phi) is 4.29. The predicted octanol–water partition coefficient (Wildman–Crippen LogP) is -0.0218. The van der Waals surface area contributed by atoms with Crippen LogP contribution in [0.1, 0.15) is 12.8 Å². The summed E-state index contributed by atoms with van der Waals surface area (Å²) >= 11 is 4.20. The van der Waals surface area contributed by atoms with Crippen LogP contribution in [0.2, 0.25) is 0 Å². The molecule has 0 amide bonds. The van der Waals surface area contributed by atoms with Crippen molar-refractivity contribution in [1.29, 1.82) is 0 Å². The minimum atomic E-state index is -2.97. The summed E-state index contributed by atoms with van der Waals surface area (Å²) in [6.45, 7) is 0.0604. The zero-order valence-corrected chi connectivity index (χ0v) is 6.58. The summed E-state index contributed by atoms with van der Waals surface area (Å²) in [7, 11) is -2.97. The molecule has 3 nitrogen and oxygen atoms in total. The Bertz CT molecular complexity index is 149. The first kappa shape index (κ1) is 9.29. The Labute approximate surface area is 59.6 Å². The van der Waals surface area contributed by atoms with Crippen molar-refractivity contribution >= 4 is 20.0 Å². The van der Waals surface area contributed by atoms with Crippen molar-refractivity contribution in [2.75, 3.05) is 12.4 Å². The molecule has 56 valence electrons. The molecule has 0 aliphatic carbocycles. The highest BCUT2D eigenvalue weighted by Gasteiger charge is 1.97. The first-order chi connectivity index (χ1) is 4.06. The molecule has 5 heteroatoms. The molecule has 0 saturated heterocycles. The number of rotatable bonds is 4. The normalized spacial score (nSPS) is 17.1. The third-order valence-corrected chi connectivity index (χ3v) is 2.11. The SMILES string of the molecule is O=S(O)(=S)CCCCO. The van der Waals surface area contributed by atoms with Crippen LogP contribution in [0, 0.1) is 0 Å². The van der Waals surface area contributed by atoms with Gasteiger partial charge in [0.1, 0.15) is 8.77 Å². The van der Waals surface area contributed by atoms with Crippen molar-refractivity contribution in [2.24, 2.45) is 0 Å². The van der Waals surface area contributed by atoms with Crippen LogP contribution < -0.4 is 0 Å². The van der Waals surface area contributed by atoms with Gasteiger partial charge in [-0.2, -0.15) is 0 Å². The van der Waals surface area contributed by atoms with Gasteiger partial charge in [-0.1, -0.05) is 0 Å². The molecule has 0 saturated carbocycles. The van der Waals surface area contributed by atoms with Crippen molar-refractivity contribution in [2.45, 2.75) is 12.8 Å². The standard InChI is InChI=1S/C4H10O3S2/c5-3-1-2-4-9(6,7)8/h5H,1-4H2,(H,6,7,8). The molecule has 2 N–H and O–H groups in total. The average molecular weight is 170 g/mol. The fourth-order valence-electron chi connectivity index (χ4n) is 0.396. The molecule has 0 fully saturated rings. The summed E-state index contributed by atoms with van der Waals surface area (Å²) in [6.07, 6.45) is 1.07. The monoisotopic (exact) mass is 170 g/mol. The lowest BCUT2D eigenvalue weighted by molar-refractivity contribution is 0.287. The summed E-state index contributed by atoms with van der Waals surface area (Å²) < 4.78 is 18.9. The third kappa shape index (κ3) is 8.29. The lowest BCUT2D eigenvalue weighted by atomic mass is 10.4. The molecule has 0 aliphatic rings. The van der Waals surface area contributed by atoms with Crippen LogP contribution in [-0.4, -0.2) is 26.2 Å². The van der Waals surface area contributed by atoms with Crippen LogP contribution >= 0.6 is 0 Å². The van der Waals surface area contributed by atoms with E-state index in [1.165, 1.54) is 0 Å². The largest absolute Gasteiger partial charge is 0.396 e. The fourth-order valence-corrected chi connectivity index (χ4v) is 1.32. The van der Waals surface area contributed by atoms with Crippen LogP contribution in [-0.2, 0) is 20.0 Å².